The Morgan fingerprint density at radius 2 is 1.78 bits per heavy atom. The number of hydrogen-bond acceptors (Lipinski definition) is 5. The van der Waals surface area contributed by atoms with Crippen molar-refractivity contribution in [2.24, 2.45) is 5.92 Å². The molecular weight excluding hydrogens is 532 g/mol. The van der Waals surface area contributed by atoms with Crippen LogP contribution >= 0.6 is 0 Å². The van der Waals surface area contributed by atoms with Gasteiger partial charge in [0.1, 0.15) is 5.75 Å². The Balaban J connectivity index is 1.47. The van der Waals surface area contributed by atoms with Gasteiger partial charge in [-0.05, 0) is 47.9 Å². The van der Waals surface area contributed by atoms with E-state index in [1.54, 1.807) is 12.0 Å². The summed E-state index contributed by atoms with van der Waals surface area (Å²) in [5.41, 5.74) is 2.36. The van der Waals surface area contributed by atoms with E-state index in [-0.39, 0.29) is 36.0 Å². The van der Waals surface area contributed by atoms with Crippen molar-refractivity contribution in [2.75, 3.05) is 30.1 Å². The molecular formula is C33H38N2O5Si. The zero-order chi connectivity index (χ0) is 28.9. The largest absolute Gasteiger partial charge is 0.497 e. The number of carbonyl (C=O) groups is 2. The average Bonchev–Trinajstić information content (AvgIpc) is 3.39. The van der Waals surface area contributed by atoms with Gasteiger partial charge in [-0.25, -0.2) is 0 Å². The number of fused-ring (bicyclic) bond motifs is 2. The van der Waals surface area contributed by atoms with Crippen LogP contribution < -0.4 is 19.7 Å². The van der Waals surface area contributed by atoms with E-state index in [4.69, 9.17) is 9.47 Å². The molecule has 7 nitrogen and oxygen atoms in total. The van der Waals surface area contributed by atoms with Gasteiger partial charge in [-0.1, -0.05) is 67.7 Å². The number of aliphatic hydroxyl groups is 1. The summed E-state index contributed by atoms with van der Waals surface area (Å²) in [5.74, 6) is 0.675. The molecule has 3 aromatic rings. The molecule has 3 aliphatic rings. The maximum Gasteiger partial charge on any atom is 0.264 e. The molecule has 6 rings (SSSR count). The van der Waals surface area contributed by atoms with Crippen molar-refractivity contribution in [1.82, 2.24) is 0 Å². The van der Waals surface area contributed by atoms with Crippen LogP contribution in [0.15, 0.2) is 72.8 Å². The van der Waals surface area contributed by atoms with Crippen LogP contribution in [-0.4, -0.2) is 51.4 Å². The Labute approximate surface area is 242 Å². The van der Waals surface area contributed by atoms with Gasteiger partial charge in [0.15, 0.2) is 5.60 Å². The van der Waals surface area contributed by atoms with Crippen LogP contribution in [0.5, 0.6) is 5.75 Å². The Bertz CT molecular complexity index is 1460. The normalized spacial score (nSPS) is 25.5. The van der Waals surface area contributed by atoms with Crippen LogP contribution in [0.1, 0.15) is 30.9 Å². The lowest BCUT2D eigenvalue weighted by Crippen LogP contribution is -2.51. The number of nitrogens with zero attached hydrogens (tertiary/aromatic N) is 2. The van der Waals surface area contributed by atoms with E-state index in [9.17, 15) is 14.7 Å². The second-order valence-corrected chi connectivity index (χ2v) is 16.7. The highest BCUT2D eigenvalue weighted by Gasteiger charge is 2.66. The summed E-state index contributed by atoms with van der Waals surface area (Å²) in [4.78, 5) is 30.7. The molecule has 214 valence electrons. The van der Waals surface area contributed by atoms with Gasteiger partial charge in [0.2, 0.25) is 5.91 Å². The third-order valence-electron chi connectivity index (χ3n) is 9.58. The van der Waals surface area contributed by atoms with Crippen molar-refractivity contribution < 1.29 is 24.2 Å². The molecule has 0 radical (unpaired) electrons. The molecule has 0 bridgehead atoms. The van der Waals surface area contributed by atoms with Gasteiger partial charge in [-0.2, -0.15) is 0 Å². The van der Waals surface area contributed by atoms with Crippen LogP contribution in [0.4, 0.5) is 11.4 Å². The topological polar surface area (TPSA) is 79.3 Å². The maximum atomic E-state index is 14.7. The van der Waals surface area contributed by atoms with Crippen molar-refractivity contribution >= 4 is 36.4 Å². The molecule has 3 aromatic carbocycles. The number of ether oxygens (including phenoxy) is 2. The van der Waals surface area contributed by atoms with E-state index in [1.165, 1.54) is 5.19 Å². The molecule has 4 atom stereocenters. The first-order valence-electron chi connectivity index (χ1n) is 14.5. The molecule has 3 heterocycles. The van der Waals surface area contributed by atoms with Gasteiger partial charge in [-0.3, -0.25) is 9.59 Å². The summed E-state index contributed by atoms with van der Waals surface area (Å²) < 4.78 is 12.4. The fourth-order valence-electron chi connectivity index (χ4n) is 7.38. The summed E-state index contributed by atoms with van der Waals surface area (Å²) in [6.45, 7) is 7.90. The highest BCUT2D eigenvalue weighted by Crippen LogP contribution is 2.60. The minimum atomic E-state index is -2.26. The van der Waals surface area contributed by atoms with Crippen molar-refractivity contribution in [3.8, 4) is 5.75 Å². The summed E-state index contributed by atoms with van der Waals surface area (Å²) in [7, 11) is -0.591. The highest BCUT2D eigenvalue weighted by atomic mass is 28.3. The lowest BCUT2D eigenvalue weighted by molar-refractivity contribution is -0.146. The Hall–Kier alpha value is -3.46. The Morgan fingerprint density at radius 3 is 2.39 bits per heavy atom. The van der Waals surface area contributed by atoms with Gasteiger partial charge >= 0.3 is 0 Å². The molecule has 2 fully saturated rings. The van der Waals surface area contributed by atoms with Crippen LogP contribution in [-0.2, 0) is 26.5 Å². The third-order valence-corrected chi connectivity index (χ3v) is 13.9. The standard InChI is InChI=1S/C33H38N2O5Si/c1-22-31(41(3,4)26-13-11-25(39-2)12-14-26)29(17-19-36)40-33(22)27-20-24(34-18-16-30(34)37)10-15-28(27)35(32(33)38)21-23-8-6-5-7-9-23/h5-15,20,22,29,31,36H,16-19,21H2,1-4H3/t22-,29+,31-,33+/m1/s1. The summed E-state index contributed by atoms with van der Waals surface area (Å²) >= 11 is 0. The van der Waals surface area contributed by atoms with Gasteiger partial charge in [0.25, 0.3) is 5.91 Å². The van der Waals surface area contributed by atoms with Crippen molar-refractivity contribution in [2.45, 2.75) is 56.7 Å². The molecule has 0 saturated carbocycles. The Morgan fingerprint density at radius 1 is 1.05 bits per heavy atom. The molecule has 0 unspecified atom stereocenters. The molecule has 3 aliphatic heterocycles. The van der Waals surface area contributed by atoms with Crippen LogP contribution in [0.3, 0.4) is 0 Å². The fraction of sp³-hybridized carbons (Fsp3) is 0.394. The van der Waals surface area contributed by atoms with Gasteiger partial charge in [0, 0.05) is 36.7 Å². The minimum absolute atomic E-state index is 0.0197. The molecule has 0 aromatic heterocycles. The van der Waals surface area contributed by atoms with E-state index in [2.05, 4.69) is 32.2 Å². The third kappa shape index (κ3) is 4.31. The number of methoxy groups -OCH3 is 1. The molecule has 1 N–H and O–H groups in total. The number of carbonyl (C=O) groups excluding carboxylic acids is 2. The van der Waals surface area contributed by atoms with Crippen molar-refractivity contribution in [3.05, 3.63) is 83.9 Å². The smallest absolute Gasteiger partial charge is 0.264 e. The van der Waals surface area contributed by atoms with Gasteiger partial charge in [0.05, 0.1) is 33.5 Å². The van der Waals surface area contributed by atoms with Crippen LogP contribution in [0.2, 0.25) is 18.6 Å². The number of rotatable bonds is 8. The number of amides is 2. The number of benzene rings is 3. The quantitative estimate of drug-likeness (QED) is 0.317. The Kier molecular flexibility index (Phi) is 7.04. The zero-order valence-corrected chi connectivity index (χ0v) is 25.2. The average molecular weight is 571 g/mol. The lowest BCUT2D eigenvalue weighted by Gasteiger charge is -2.37. The molecule has 2 amide bonds. The monoisotopic (exact) mass is 570 g/mol. The minimum Gasteiger partial charge on any atom is -0.497 e. The lowest BCUT2D eigenvalue weighted by atomic mass is 9.82. The van der Waals surface area contributed by atoms with Gasteiger partial charge < -0.3 is 24.4 Å². The molecule has 8 heteroatoms. The molecule has 2 saturated heterocycles. The number of anilines is 2. The summed E-state index contributed by atoms with van der Waals surface area (Å²) in [6.07, 6.45) is 0.701. The second-order valence-electron chi connectivity index (χ2n) is 12.0. The number of hydrogen-bond donors (Lipinski definition) is 1. The van der Waals surface area contributed by atoms with E-state index >= 15 is 0 Å². The summed E-state index contributed by atoms with van der Waals surface area (Å²) in [5, 5.41) is 11.4. The summed E-state index contributed by atoms with van der Waals surface area (Å²) in [6, 6.07) is 24.2. The van der Waals surface area contributed by atoms with Crippen molar-refractivity contribution in [3.63, 3.8) is 0 Å². The van der Waals surface area contributed by atoms with Crippen LogP contribution in [0.25, 0.3) is 0 Å². The van der Waals surface area contributed by atoms with Gasteiger partial charge in [-0.15, -0.1) is 0 Å². The van der Waals surface area contributed by atoms with E-state index < -0.39 is 13.7 Å². The predicted molar refractivity (Wildman–Crippen MR) is 162 cm³/mol. The number of β-lactam (4-membered cyclic amide) rings is 1. The fourth-order valence-corrected chi connectivity index (χ4v) is 11.4. The second kappa shape index (κ2) is 10.4. The van der Waals surface area contributed by atoms with E-state index in [1.807, 2.05) is 65.6 Å². The first-order chi connectivity index (χ1) is 19.7. The SMILES string of the molecule is COc1ccc([Si](C)(C)[C@H]2[C@H](CCO)O[C@@]3(C(=O)N(Cc4ccccc4)c4ccc(N5CCC5=O)cc43)[C@@H]2C)cc1. The molecule has 1 spiro atoms. The van der Waals surface area contributed by atoms with E-state index in [0.717, 1.165) is 28.3 Å². The predicted octanol–water partition coefficient (Wildman–Crippen LogP) is 4.58. The molecule has 41 heavy (non-hydrogen) atoms. The molecule has 0 aliphatic carbocycles. The van der Waals surface area contributed by atoms with Crippen molar-refractivity contribution in [1.29, 1.82) is 0 Å². The number of aliphatic hydroxyl groups excluding tert-OH is 1. The van der Waals surface area contributed by atoms with Crippen LogP contribution in [0, 0.1) is 5.92 Å². The first-order valence-corrected chi connectivity index (χ1v) is 17.5. The first kappa shape index (κ1) is 27.7. The van der Waals surface area contributed by atoms with E-state index in [0.29, 0.717) is 25.9 Å². The maximum absolute atomic E-state index is 14.7. The highest BCUT2D eigenvalue weighted by molar-refractivity contribution is 6.91. The zero-order valence-electron chi connectivity index (χ0n) is 24.2.